The maximum absolute atomic E-state index is 12.7. The molecule has 0 aliphatic rings. The second-order valence-electron chi connectivity index (χ2n) is 5.42. The van der Waals surface area contributed by atoms with Crippen molar-refractivity contribution in [2.24, 2.45) is 0 Å². The second-order valence-corrected chi connectivity index (χ2v) is 6.42. The fraction of sp³-hybridized carbons (Fsp3) is 0.438. The maximum atomic E-state index is 12.7. The summed E-state index contributed by atoms with van der Waals surface area (Å²) in [6.07, 6.45) is 2.54. The maximum Gasteiger partial charge on any atom is 0.265 e. The lowest BCUT2D eigenvalue weighted by Gasteiger charge is -2.24. The number of hydrogen-bond acceptors (Lipinski definition) is 5. The van der Waals surface area contributed by atoms with E-state index in [0.29, 0.717) is 4.88 Å². The Morgan fingerprint density at radius 1 is 1.45 bits per heavy atom. The fourth-order valence-corrected chi connectivity index (χ4v) is 3.11. The molecule has 0 fully saturated rings. The van der Waals surface area contributed by atoms with E-state index in [9.17, 15) is 4.79 Å². The summed E-state index contributed by atoms with van der Waals surface area (Å²) in [5.41, 5.74) is 2.96. The third-order valence-electron chi connectivity index (χ3n) is 3.79. The molecule has 5 nitrogen and oxygen atoms in total. The van der Waals surface area contributed by atoms with Crippen LogP contribution in [0.15, 0.2) is 18.3 Å². The van der Waals surface area contributed by atoms with E-state index >= 15 is 0 Å². The molecule has 0 saturated heterocycles. The Kier molecular flexibility index (Phi) is 5.13. The van der Waals surface area contributed by atoms with Crippen LogP contribution >= 0.6 is 11.3 Å². The van der Waals surface area contributed by atoms with Gasteiger partial charge in [0.05, 0.1) is 5.69 Å². The highest BCUT2D eigenvalue weighted by atomic mass is 32.1. The number of rotatable bonds is 5. The molecule has 2 aromatic heterocycles. The summed E-state index contributed by atoms with van der Waals surface area (Å²) in [6.45, 7) is 5.96. The third kappa shape index (κ3) is 3.44. The number of hydrogen-bond donors (Lipinski definition) is 1. The van der Waals surface area contributed by atoms with Crippen LogP contribution in [0.5, 0.6) is 0 Å². The van der Waals surface area contributed by atoms with Crippen molar-refractivity contribution in [1.82, 2.24) is 14.9 Å². The van der Waals surface area contributed by atoms with Crippen LogP contribution in [0.2, 0.25) is 0 Å². The van der Waals surface area contributed by atoms with Crippen LogP contribution in [0.4, 0.5) is 5.13 Å². The molecule has 0 spiro atoms. The van der Waals surface area contributed by atoms with E-state index in [1.165, 1.54) is 11.3 Å². The van der Waals surface area contributed by atoms with E-state index in [4.69, 9.17) is 0 Å². The lowest BCUT2D eigenvalue weighted by Crippen LogP contribution is -2.36. The molecule has 6 heteroatoms. The number of pyridine rings is 1. The number of aromatic nitrogens is 2. The monoisotopic (exact) mass is 318 g/mol. The van der Waals surface area contributed by atoms with Crippen LogP contribution in [0.1, 0.15) is 33.5 Å². The number of likely N-dealkylation sites (N-methyl/N-ethyl adjacent to an activating group) is 1. The van der Waals surface area contributed by atoms with Crippen LogP contribution < -0.4 is 5.32 Å². The van der Waals surface area contributed by atoms with Gasteiger partial charge < -0.3 is 10.2 Å². The number of aryl methyl sites for hydroxylation is 2. The van der Waals surface area contributed by atoms with Gasteiger partial charge in [0.1, 0.15) is 4.88 Å². The molecule has 1 atom stereocenters. The number of nitrogens with zero attached hydrogens (tertiary/aromatic N) is 3. The lowest BCUT2D eigenvalue weighted by atomic mass is 10.1. The SMILES string of the molecule is CNc1nc(C)c(C(=O)N(C)[C@H](C)Cc2ncccc2C)s1. The highest BCUT2D eigenvalue weighted by Crippen LogP contribution is 2.24. The second kappa shape index (κ2) is 6.87. The van der Waals surface area contributed by atoms with Gasteiger partial charge in [-0.3, -0.25) is 9.78 Å². The molecule has 2 heterocycles. The molecule has 0 aromatic carbocycles. The van der Waals surface area contributed by atoms with E-state index < -0.39 is 0 Å². The third-order valence-corrected chi connectivity index (χ3v) is 4.96. The number of carbonyl (C=O) groups is 1. The summed E-state index contributed by atoms with van der Waals surface area (Å²) in [4.78, 5) is 23.9. The van der Waals surface area contributed by atoms with E-state index in [1.807, 2.05) is 47.0 Å². The first-order valence-electron chi connectivity index (χ1n) is 7.26. The average molecular weight is 318 g/mol. The quantitative estimate of drug-likeness (QED) is 0.921. The Labute approximate surface area is 135 Å². The van der Waals surface area contributed by atoms with Gasteiger partial charge in [0, 0.05) is 38.4 Å². The first kappa shape index (κ1) is 16.4. The fourth-order valence-electron chi connectivity index (χ4n) is 2.21. The van der Waals surface area contributed by atoms with Crippen molar-refractivity contribution < 1.29 is 4.79 Å². The summed E-state index contributed by atoms with van der Waals surface area (Å²) in [5.74, 6) is 0.0117. The molecule has 0 bridgehead atoms. The predicted octanol–water partition coefficient (Wildman–Crippen LogP) is 2.90. The van der Waals surface area contributed by atoms with E-state index in [2.05, 4.69) is 15.3 Å². The van der Waals surface area contributed by atoms with Gasteiger partial charge in [-0.15, -0.1) is 0 Å². The Morgan fingerprint density at radius 3 is 2.77 bits per heavy atom. The van der Waals surface area contributed by atoms with Crippen LogP contribution in [0.25, 0.3) is 0 Å². The zero-order valence-corrected chi connectivity index (χ0v) is 14.5. The molecule has 1 N–H and O–H groups in total. The molecule has 0 saturated carbocycles. The highest BCUT2D eigenvalue weighted by molar-refractivity contribution is 7.17. The smallest absolute Gasteiger partial charge is 0.265 e. The van der Waals surface area contributed by atoms with Crippen LogP contribution in [-0.2, 0) is 6.42 Å². The van der Waals surface area contributed by atoms with Crippen molar-refractivity contribution >= 4 is 22.4 Å². The Hall–Kier alpha value is -1.95. The van der Waals surface area contributed by atoms with Gasteiger partial charge in [0.25, 0.3) is 5.91 Å². The van der Waals surface area contributed by atoms with Crippen LogP contribution in [-0.4, -0.2) is 40.9 Å². The van der Waals surface area contributed by atoms with Crippen LogP contribution in [0, 0.1) is 13.8 Å². The zero-order valence-electron chi connectivity index (χ0n) is 13.7. The van der Waals surface area contributed by atoms with Crippen molar-refractivity contribution in [3.8, 4) is 0 Å². The van der Waals surface area contributed by atoms with Crippen molar-refractivity contribution in [2.75, 3.05) is 19.4 Å². The minimum Gasteiger partial charge on any atom is -0.365 e. The van der Waals surface area contributed by atoms with Crippen molar-refractivity contribution in [3.05, 3.63) is 40.2 Å². The van der Waals surface area contributed by atoms with Gasteiger partial charge in [0.2, 0.25) is 0 Å². The number of nitrogens with one attached hydrogen (secondary N) is 1. The zero-order chi connectivity index (χ0) is 16.3. The molecule has 2 rings (SSSR count). The lowest BCUT2D eigenvalue weighted by molar-refractivity contribution is 0.0746. The molecule has 118 valence electrons. The van der Waals surface area contributed by atoms with Gasteiger partial charge in [-0.2, -0.15) is 0 Å². The van der Waals surface area contributed by atoms with Crippen molar-refractivity contribution in [1.29, 1.82) is 0 Å². The van der Waals surface area contributed by atoms with Gasteiger partial charge >= 0.3 is 0 Å². The molecule has 22 heavy (non-hydrogen) atoms. The standard InChI is InChI=1S/C16H22N4OS/c1-10-7-6-8-18-13(10)9-11(2)20(5)15(21)14-12(3)19-16(17-4)22-14/h6-8,11H,9H2,1-5H3,(H,17,19)/t11-/m1/s1. The summed E-state index contributed by atoms with van der Waals surface area (Å²) in [7, 11) is 3.65. The Balaban J connectivity index is 2.12. The number of carbonyl (C=O) groups excluding carboxylic acids is 1. The minimum atomic E-state index is 0.0117. The summed E-state index contributed by atoms with van der Waals surface area (Å²) >= 11 is 1.39. The molecule has 2 aromatic rings. The molecular formula is C16H22N4OS. The van der Waals surface area contributed by atoms with Gasteiger partial charge in [-0.1, -0.05) is 17.4 Å². The van der Waals surface area contributed by atoms with Gasteiger partial charge in [-0.05, 0) is 32.4 Å². The van der Waals surface area contributed by atoms with Gasteiger partial charge in [-0.25, -0.2) is 4.98 Å². The number of anilines is 1. The molecular weight excluding hydrogens is 296 g/mol. The summed E-state index contributed by atoms with van der Waals surface area (Å²) in [6, 6.07) is 4.04. The Morgan fingerprint density at radius 2 is 2.18 bits per heavy atom. The topological polar surface area (TPSA) is 58.1 Å². The average Bonchev–Trinajstić information content (AvgIpc) is 2.89. The molecule has 0 unspecified atom stereocenters. The highest BCUT2D eigenvalue weighted by Gasteiger charge is 2.23. The molecule has 0 radical (unpaired) electrons. The molecule has 0 aliphatic carbocycles. The first-order valence-corrected chi connectivity index (χ1v) is 8.08. The minimum absolute atomic E-state index is 0.0117. The summed E-state index contributed by atoms with van der Waals surface area (Å²) in [5, 5.41) is 3.75. The van der Waals surface area contributed by atoms with Crippen molar-refractivity contribution in [2.45, 2.75) is 33.2 Å². The molecule has 0 aliphatic heterocycles. The number of thiazole rings is 1. The first-order chi connectivity index (χ1) is 10.4. The normalized spacial score (nSPS) is 12.0. The predicted molar refractivity (Wildman–Crippen MR) is 90.6 cm³/mol. The van der Waals surface area contributed by atoms with Crippen molar-refractivity contribution in [3.63, 3.8) is 0 Å². The van der Waals surface area contributed by atoms with E-state index in [1.54, 1.807) is 11.1 Å². The van der Waals surface area contributed by atoms with E-state index in [0.717, 1.165) is 28.5 Å². The summed E-state index contributed by atoms with van der Waals surface area (Å²) < 4.78 is 0. The van der Waals surface area contributed by atoms with Crippen LogP contribution in [0.3, 0.4) is 0 Å². The largest absolute Gasteiger partial charge is 0.365 e. The van der Waals surface area contributed by atoms with Gasteiger partial charge in [0.15, 0.2) is 5.13 Å². The van der Waals surface area contributed by atoms with E-state index in [-0.39, 0.29) is 11.9 Å². The number of amides is 1. The molecule has 1 amide bonds. The Bertz CT molecular complexity index is 668.